The molecule has 25 heavy (non-hydrogen) atoms. The van der Waals surface area contributed by atoms with Crippen molar-refractivity contribution >= 4 is 16.7 Å². The Kier molecular flexibility index (Phi) is 4.84. The van der Waals surface area contributed by atoms with E-state index in [1.807, 2.05) is 24.3 Å². The summed E-state index contributed by atoms with van der Waals surface area (Å²) in [6.45, 7) is 0.414. The number of carbonyl (C=O) groups is 1. The van der Waals surface area contributed by atoms with E-state index in [1.165, 1.54) is 17.0 Å². The summed E-state index contributed by atoms with van der Waals surface area (Å²) in [6.07, 6.45) is 0. The second-order valence-electron chi connectivity index (χ2n) is 5.72. The van der Waals surface area contributed by atoms with Crippen molar-refractivity contribution in [3.05, 3.63) is 72.0 Å². The lowest BCUT2D eigenvalue weighted by Gasteiger charge is -2.18. The van der Waals surface area contributed by atoms with E-state index < -0.39 is 5.82 Å². The molecule has 3 aromatic carbocycles. The molecule has 128 valence electrons. The molecule has 3 rings (SSSR count). The summed E-state index contributed by atoms with van der Waals surface area (Å²) in [6, 6.07) is 16.9. The van der Waals surface area contributed by atoms with E-state index in [4.69, 9.17) is 4.74 Å². The summed E-state index contributed by atoms with van der Waals surface area (Å²) in [7, 11) is 1.61. The number of aromatic hydroxyl groups is 1. The smallest absolute Gasteiger partial charge is 0.257 e. The highest BCUT2D eigenvalue weighted by molar-refractivity contribution is 6.01. The SMILES string of the molecule is CN(CCOc1ccccc1F)C(=O)c1cc2ccccc2cc1O. The van der Waals surface area contributed by atoms with Gasteiger partial charge in [0.05, 0.1) is 12.1 Å². The highest BCUT2D eigenvalue weighted by Gasteiger charge is 2.17. The number of hydrogen-bond acceptors (Lipinski definition) is 3. The van der Waals surface area contributed by atoms with Gasteiger partial charge in [-0.3, -0.25) is 4.79 Å². The minimum Gasteiger partial charge on any atom is -0.507 e. The van der Waals surface area contributed by atoms with Gasteiger partial charge in [-0.2, -0.15) is 0 Å². The molecule has 0 fully saturated rings. The number of hydrogen-bond donors (Lipinski definition) is 1. The summed E-state index contributed by atoms with van der Waals surface area (Å²) >= 11 is 0. The van der Waals surface area contributed by atoms with Crippen LogP contribution in [0.4, 0.5) is 4.39 Å². The highest BCUT2D eigenvalue weighted by Crippen LogP contribution is 2.26. The van der Waals surface area contributed by atoms with Crippen LogP contribution in [0.2, 0.25) is 0 Å². The Labute approximate surface area is 145 Å². The predicted molar refractivity (Wildman–Crippen MR) is 94.5 cm³/mol. The molecule has 0 atom stereocenters. The van der Waals surface area contributed by atoms with Crippen molar-refractivity contribution in [3.8, 4) is 11.5 Å². The number of phenols is 1. The number of nitrogens with zero attached hydrogens (tertiary/aromatic N) is 1. The maximum Gasteiger partial charge on any atom is 0.257 e. The first-order valence-corrected chi connectivity index (χ1v) is 7.91. The molecule has 0 bridgehead atoms. The molecule has 0 saturated carbocycles. The number of ether oxygens (including phenoxy) is 1. The predicted octanol–water partition coefficient (Wildman–Crippen LogP) is 3.84. The summed E-state index contributed by atoms with van der Waals surface area (Å²) < 4.78 is 18.9. The van der Waals surface area contributed by atoms with Crippen LogP contribution in [0.1, 0.15) is 10.4 Å². The summed E-state index contributed by atoms with van der Waals surface area (Å²) in [5.41, 5.74) is 0.229. The van der Waals surface area contributed by atoms with Crippen LogP contribution in [0, 0.1) is 5.82 Å². The van der Waals surface area contributed by atoms with Crippen LogP contribution in [-0.2, 0) is 0 Å². The largest absolute Gasteiger partial charge is 0.507 e. The zero-order chi connectivity index (χ0) is 17.8. The van der Waals surface area contributed by atoms with Crippen LogP contribution in [0.15, 0.2) is 60.7 Å². The fourth-order valence-electron chi connectivity index (χ4n) is 2.56. The molecule has 4 nitrogen and oxygen atoms in total. The van der Waals surface area contributed by atoms with Gasteiger partial charge in [-0.05, 0) is 35.0 Å². The number of para-hydroxylation sites is 1. The van der Waals surface area contributed by atoms with E-state index >= 15 is 0 Å². The molecular formula is C20H18FNO3. The van der Waals surface area contributed by atoms with Crippen molar-refractivity contribution in [2.75, 3.05) is 20.2 Å². The molecule has 0 saturated heterocycles. The van der Waals surface area contributed by atoms with Crippen LogP contribution in [0.25, 0.3) is 10.8 Å². The average Bonchev–Trinajstić information content (AvgIpc) is 2.62. The Morgan fingerprint density at radius 3 is 2.44 bits per heavy atom. The quantitative estimate of drug-likeness (QED) is 0.768. The Morgan fingerprint density at radius 1 is 1.08 bits per heavy atom. The molecule has 0 heterocycles. The van der Waals surface area contributed by atoms with Gasteiger partial charge in [0.15, 0.2) is 11.6 Å². The number of fused-ring (bicyclic) bond motifs is 1. The van der Waals surface area contributed by atoms with Crippen LogP contribution >= 0.6 is 0 Å². The van der Waals surface area contributed by atoms with Crippen LogP contribution in [-0.4, -0.2) is 36.1 Å². The van der Waals surface area contributed by atoms with E-state index in [0.29, 0.717) is 0 Å². The van der Waals surface area contributed by atoms with Gasteiger partial charge in [-0.25, -0.2) is 4.39 Å². The van der Waals surface area contributed by atoms with Crippen LogP contribution in [0.5, 0.6) is 11.5 Å². The van der Waals surface area contributed by atoms with Crippen molar-refractivity contribution in [1.82, 2.24) is 4.90 Å². The average molecular weight is 339 g/mol. The lowest BCUT2D eigenvalue weighted by Crippen LogP contribution is -2.31. The van der Waals surface area contributed by atoms with Gasteiger partial charge in [-0.1, -0.05) is 36.4 Å². The van der Waals surface area contributed by atoms with Crippen molar-refractivity contribution in [2.45, 2.75) is 0 Å². The van der Waals surface area contributed by atoms with E-state index in [2.05, 4.69) is 0 Å². The molecule has 0 aromatic heterocycles. The van der Waals surface area contributed by atoms with Gasteiger partial charge in [0, 0.05) is 7.05 Å². The van der Waals surface area contributed by atoms with Gasteiger partial charge < -0.3 is 14.7 Å². The molecule has 1 amide bonds. The van der Waals surface area contributed by atoms with Crippen molar-refractivity contribution in [3.63, 3.8) is 0 Å². The molecule has 0 spiro atoms. The maximum absolute atomic E-state index is 13.5. The van der Waals surface area contributed by atoms with Crippen LogP contribution in [0.3, 0.4) is 0 Å². The third-order valence-electron chi connectivity index (χ3n) is 3.96. The van der Waals surface area contributed by atoms with Gasteiger partial charge in [0.2, 0.25) is 0 Å². The lowest BCUT2D eigenvalue weighted by atomic mass is 10.1. The zero-order valence-corrected chi connectivity index (χ0v) is 13.8. The third kappa shape index (κ3) is 3.71. The minimum atomic E-state index is -0.441. The topological polar surface area (TPSA) is 49.8 Å². The van der Waals surface area contributed by atoms with E-state index in [0.717, 1.165) is 10.8 Å². The number of likely N-dealkylation sites (N-methyl/N-ethyl adjacent to an activating group) is 1. The number of rotatable bonds is 5. The Hall–Kier alpha value is -3.08. The zero-order valence-electron chi connectivity index (χ0n) is 13.8. The second kappa shape index (κ2) is 7.21. The Morgan fingerprint density at radius 2 is 1.72 bits per heavy atom. The molecular weight excluding hydrogens is 321 g/mol. The number of halogens is 1. The van der Waals surface area contributed by atoms with Crippen molar-refractivity contribution in [1.29, 1.82) is 0 Å². The normalized spacial score (nSPS) is 10.6. The standard InChI is InChI=1S/C20H18FNO3/c1-22(10-11-25-19-9-5-4-8-17(19)21)20(24)16-12-14-6-2-3-7-15(14)13-18(16)23/h2-9,12-13,23H,10-11H2,1H3. The fourth-order valence-corrected chi connectivity index (χ4v) is 2.56. The highest BCUT2D eigenvalue weighted by atomic mass is 19.1. The third-order valence-corrected chi connectivity index (χ3v) is 3.96. The molecule has 0 aliphatic rings. The maximum atomic E-state index is 13.5. The first-order valence-electron chi connectivity index (χ1n) is 7.91. The Balaban J connectivity index is 1.68. The van der Waals surface area contributed by atoms with Crippen LogP contribution < -0.4 is 4.74 Å². The molecule has 0 aliphatic carbocycles. The first-order chi connectivity index (χ1) is 12.1. The van der Waals surface area contributed by atoms with E-state index in [1.54, 1.807) is 31.3 Å². The molecule has 3 aromatic rings. The van der Waals surface area contributed by atoms with Gasteiger partial charge >= 0.3 is 0 Å². The molecule has 5 heteroatoms. The summed E-state index contributed by atoms with van der Waals surface area (Å²) in [5, 5.41) is 11.9. The number of benzene rings is 3. The second-order valence-corrected chi connectivity index (χ2v) is 5.72. The number of phenolic OH excluding ortho intramolecular Hbond substituents is 1. The Bertz CT molecular complexity index is 910. The summed E-state index contributed by atoms with van der Waals surface area (Å²) in [4.78, 5) is 14.0. The minimum absolute atomic E-state index is 0.0643. The molecule has 0 aliphatic heterocycles. The number of carbonyl (C=O) groups excluding carboxylic acids is 1. The molecule has 0 unspecified atom stereocenters. The lowest BCUT2D eigenvalue weighted by molar-refractivity contribution is 0.0770. The van der Waals surface area contributed by atoms with Gasteiger partial charge in [0.25, 0.3) is 5.91 Å². The monoisotopic (exact) mass is 339 g/mol. The van der Waals surface area contributed by atoms with Gasteiger partial charge in [0.1, 0.15) is 12.4 Å². The summed E-state index contributed by atoms with van der Waals surface area (Å²) in [5.74, 6) is -0.675. The van der Waals surface area contributed by atoms with Crippen molar-refractivity contribution < 1.29 is 19.0 Å². The first kappa shape index (κ1) is 16.8. The van der Waals surface area contributed by atoms with Crippen molar-refractivity contribution in [2.24, 2.45) is 0 Å². The molecule has 1 N–H and O–H groups in total. The number of amides is 1. The van der Waals surface area contributed by atoms with E-state index in [9.17, 15) is 14.3 Å². The van der Waals surface area contributed by atoms with Gasteiger partial charge in [-0.15, -0.1) is 0 Å². The molecule has 0 radical (unpaired) electrons. The fraction of sp³-hybridized carbons (Fsp3) is 0.150. The van der Waals surface area contributed by atoms with E-state index in [-0.39, 0.29) is 36.1 Å².